The predicted octanol–water partition coefficient (Wildman–Crippen LogP) is 11.3. The molecule has 0 saturated heterocycles. The van der Waals surface area contributed by atoms with E-state index in [4.69, 9.17) is 19.4 Å². The van der Waals surface area contributed by atoms with Crippen LogP contribution in [0, 0.1) is 0 Å². The molecule has 0 aliphatic heterocycles. The lowest BCUT2D eigenvalue weighted by molar-refractivity contribution is 0.668. The van der Waals surface area contributed by atoms with E-state index in [1.54, 1.807) is 6.20 Å². The summed E-state index contributed by atoms with van der Waals surface area (Å²) in [5, 5.41) is 8.84. The highest BCUT2D eigenvalue weighted by Gasteiger charge is 2.18. The quantitative estimate of drug-likeness (QED) is 0.194. The summed E-state index contributed by atoms with van der Waals surface area (Å²) in [6, 6.07) is 50.4. The molecular weight excluding hydrogens is 601 g/mol. The number of fused-ring (bicyclic) bond motifs is 6. The number of benzene rings is 7. The van der Waals surface area contributed by atoms with Gasteiger partial charge in [-0.2, -0.15) is 0 Å². The Morgan fingerprint density at radius 2 is 0.959 bits per heavy atom. The van der Waals surface area contributed by atoms with Crippen LogP contribution in [-0.4, -0.2) is 19.9 Å². The van der Waals surface area contributed by atoms with Gasteiger partial charge in [0, 0.05) is 39.9 Å². The monoisotopic (exact) mass is 626 g/mol. The van der Waals surface area contributed by atoms with Crippen molar-refractivity contribution in [1.29, 1.82) is 0 Å². The van der Waals surface area contributed by atoms with Crippen LogP contribution in [0.25, 0.3) is 99.5 Å². The molecule has 228 valence electrons. The Morgan fingerprint density at radius 3 is 1.65 bits per heavy atom. The minimum atomic E-state index is 0.625. The average molecular weight is 627 g/mol. The molecule has 0 amide bonds. The molecule has 0 N–H and O–H groups in total. The van der Waals surface area contributed by atoms with Crippen LogP contribution in [0.2, 0.25) is 0 Å². The van der Waals surface area contributed by atoms with E-state index in [1.807, 2.05) is 24.4 Å². The molecule has 0 bridgehead atoms. The van der Waals surface area contributed by atoms with Crippen LogP contribution in [0.15, 0.2) is 162 Å². The van der Waals surface area contributed by atoms with Gasteiger partial charge < -0.3 is 4.42 Å². The Kier molecular flexibility index (Phi) is 6.11. The number of hydrogen-bond acceptors (Lipinski definition) is 5. The highest BCUT2D eigenvalue weighted by atomic mass is 16.3. The van der Waals surface area contributed by atoms with Crippen molar-refractivity contribution in [1.82, 2.24) is 19.9 Å². The Morgan fingerprint density at radius 1 is 0.388 bits per heavy atom. The number of hydrogen-bond donors (Lipinski definition) is 0. The molecule has 5 nitrogen and oxygen atoms in total. The van der Waals surface area contributed by atoms with Crippen molar-refractivity contribution in [3.63, 3.8) is 0 Å². The molecule has 0 unspecified atom stereocenters. The topological polar surface area (TPSA) is 64.7 Å². The summed E-state index contributed by atoms with van der Waals surface area (Å²) in [7, 11) is 0. The Balaban J connectivity index is 1.20. The van der Waals surface area contributed by atoms with Gasteiger partial charge in [-0.1, -0.05) is 121 Å². The second-order valence-electron chi connectivity index (χ2n) is 12.3. The minimum absolute atomic E-state index is 0.625. The zero-order valence-electron chi connectivity index (χ0n) is 26.2. The van der Waals surface area contributed by atoms with Gasteiger partial charge in [0.05, 0.1) is 0 Å². The maximum absolute atomic E-state index is 6.22. The second kappa shape index (κ2) is 10.9. The van der Waals surface area contributed by atoms with Crippen LogP contribution in [-0.2, 0) is 0 Å². The van der Waals surface area contributed by atoms with Crippen LogP contribution in [0.3, 0.4) is 0 Å². The molecule has 10 aromatic rings. The maximum atomic E-state index is 6.22. The molecule has 0 aliphatic rings. The average Bonchev–Trinajstić information content (AvgIpc) is 3.56. The first kappa shape index (κ1) is 27.4. The lowest BCUT2D eigenvalue weighted by atomic mass is 9.93. The van der Waals surface area contributed by atoms with Crippen LogP contribution >= 0.6 is 0 Å². The molecule has 0 spiro atoms. The van der Waals surface area contributed by atoms with E-state index in [0.29, 0.717) is 17.5 Å². The second-order valence-corrected chi connectivity index (χ2v) is 12.3. The highest BCUT2D eigenvalue weighted by molar-refractivity contribution is 6.16. The fourth-order valence-corrected chi connectivity index (χ4v) is 7.05. The fraction of sp³-hybridized carbons (Fsp3) is 0. The van der Waals surface area contributed by atoms with Crippen LogP contribution in [0.4, 0.5) is 0 Å². The van der Waals surface area contributed by atoms with Gasteiger partial charge in [0.1, 0.15) is 11.2 Å². The molecule has 3 heterocycles. The number of pyridine rings is 1. The highest BCUT2D eigenvalue weighted by Crippen LogP contribution is 2.41. The molecule has 0 saturated carbocycles. The molecular formula is C44H26N4O. The molecule has 10 rings (SSSR count). The van der Waals surface area contributed by atoms with E-state index in [-0.39, 0.29) is 0 Å². The van der Waals surface area contributed by atoms with Gasteiger partial charge in [0.15, 0.2) is 17.5 Å². The SMILES string of the molecule is c1ccc2cc(-c3nc(-c4ccc5ccccc5c4)nc(-c4cccc5c(-c6cccc7oc8ccncc8c67)cccc45)n3)ccc2c1. The number of furan rings is 1. The van der Waals surface area contributed by atoms with Crippen molar-refractivity contribution in [3.05, 3.63) is 158 Å². The summed E-state index contributed by atoms with van der Waals surface area (Å²) >= 11 is 0. The number of aromatic nitrogens is 4. The van der Waals surface area contributed by atoms with Gasteiger partial charge in [-0.15, -0.1) is 0 Å². The number of rotatable bonds is 4. The molecule has 49 heavy (non-hydrogen) atoms. The summed E-state index contributed by atoms with van der Waals surface area (Å²) < 4.78 is 6.22. The zero-order valence-corrected chi connectivity index (χ0v) is 26.2. The number of nitrogens with zero attached hydrogens (tertiary/aromatic N) is 4. The van der Waals surface area contributed by atoms with Gasteiger partial charge in [0.25, 0.3) is 0 Å². The minimum Gasteiger partial charge on any atom is -0.456 e. The van der Waals surface area contributed by atoms with E-state index >= 15 is 0 Å². The third kappa shape index (κ3) is 4.55. The third-order valence-corrected chi connectivity index (χ3v) is 9.40. The van der Waals surface area contributed by atoms with Gasteiger partial charge in [-0.05, 0) is 67.7 Å². The largest absolute Gasteiger partial charge is 0.456 e. The first-order valence-electron chi connectivity index (χ1n) is 16.3. The summed E-state index contributed by atoms with van der Waals surface area (Å²) in [6.45, 7) is 0. The van der Waals surface area contributed by atoms with E-state index < -0.39 is 0 Å². The normalized spacial score (nSPS) is 11.7. The summed E-state index contributed by atoms with van der Waals surface area (Å²) in [5.41, 5.74) is 6.69. The van der Waals surface area contributed by atoms with Gasteiger partial charge in [-0.25, -0.2) is 15.0 Å². The smallest absolute Gasteiger partial charge is 0.164 e. The Hall–Kier alpha value is -6.72. The molecule has 0 radical (unpaired) electrons. The van der Waals surface area contributed by atoms with E-state index in [9.17, 15) is 0 Å². The van der Waals surface area contributed by atoms with Gasteiger partial charge in [0.2, 0.25) is 0 Å². The van der Waals surface area contributed by atoms with Crippen LogP contribution in [0.1, 0.15) is 0 Å². The zero-order chi connectivity index (χ0) is 32.3. The van der Waals surface area contributed by atoms with Crippen molar-refractivity contribution in [2.75, 3.05) is 0 Å². The van der Waals surface area contributed by atoms with Crippen molar-refractivity contribution in [2.45, 2.75) is 0 Å². The lowest BCUT2D eigenvalue weighted by Gasteiger charge is -2.13. The van der Waals surface area contributed by atoms with Crippen LogP contribution in [0.5, 0.6) is 0 Å². The summed E-state index contributed by atoms with van der Waals surface area (Å²) in [5.74, 6) is 1.89. The Labute approximate surface area is 281 Å². The molecule has 0 atom stereocenters. The fourth-order valence-electron chi connectivity index (χ4n) is 7.05. The van der Waals surface area contributed by atoms with Gasteiger partial charge in [-0.3, -0.25) is 4.98 Å². The predicted molar refractivity (Wildman–Crippen MR) is 199 cm³/mol. The van der Waals surface area contributed by atoms with Crippen molar-refractivity contribution in [3.8, 4) is 45.3 Å². The molecule has 0 aliphatic carbocycles. The Bertz CT molecular complexity index is 2810. The summed E-state index contributed by atoms with van der Waals surface area (Å²) in [6.07, 6.45) is 3.65. The molecule has 0 fully saturated rings. The standard InChI is InChI=1S/C44H26N4O/c1-3-10-29-24-31(20-18-27(29)8-1)42-46-43(32-21-19-28-9-2-4-11-30(28)25-32)48-44(47-42)37-16-6-12-33-34(13-5-14-35(33)37)36-15-7-17-40-41(36)38-26-45-23-22-39(38)49-40/h1-26H. The van der Waals surface area contributed by atoms with Crippen molar-refractivity contribution < 1.29 is 4.42 Å². The first-order valence-corrected chi connectivity index (χ1v) is 16.3. The first-order chi connectivity index (χ1) is 24.3. The van der Waals surface area contributed by atoms with Crippen molar-refractivity contribution in [2.24, 2.45) is 0 Å². The van der Waals surface area contributed by atoms with E-state index in [2.05, 4.69) is 132 Å². The summed E-state index contributed by atoms with van der Waals surface area (Å²) in [4.78, 5) is 19.8. The molecule has 7 aromatic carbocycles. The van der Waals surface area contributed by atoms with E-state index in [0.717, 1.165) is 71.3 Å². The van der Waals surface area contributed by atoms with Gasteiger partial charge >= 0.3 is 0 Å². The lowest BCUT2D eigenvalue weighted by Crippen LogP contribution is -2.01. The third-order valence-electron chi connectivity index (χ3n) is 9.40. The van der Waals surface area contributed by atoms with Crippen LogP contribution < -0.4 is 0 Å². The maximum Gasteiger partial charge on any atom is 0.164 e. The van der Waals surface area contributed by atoms with E-state index in [1.165, 1.54) is 10.8 Å². The molecule has 5 heteroatoms. The molecule has 3 aromatic heterocycles. The van der Waals surface area contributed by atoms with Crippen molar-refractivity contribution >= 4 is 54.3 Å².